The van der Waals surface area contributed by atoms with Crippen LogP contribution in [0.15, 0.2) is 18.2 Å². The molecule has 0 saturated carbocycles. The molecule has 1 aliphatic rings. The molecule has 5 heteroatoms. The Morgan fingerprint density at radius 1 is 1.53 bits per heavy atom. The Labute approximate surface area is 112 Å². The molecule has 0 bridgehead atoms. The van der Waals surface area contributed by atoms with Crippen molar-refractivity contribution in [1.82, 2.24) is 0 Å². The Bertz CT molecular complexity index is 527. The zero-order valence-electron chi connectivity index (χ0n) is 11.3. The first-order valence-electron chi connectivity index (χ1n) is 6.36. The van der Waals surface area contributed by atoms with Crippen LogP contribution >= 0.6 is 0 Å². The fourth-order valence-electron chi connectivity index (χ4n) is 2.19. The molecule has 1 aromatic rings. The molecule has 0 aliphatic carbocycles. The molecule has 19 heavy (non-hydrogen) atoms. The van der Waals surface area contributed by atoms with Crippen LogP contribution in [0.2, 0.25) is 0 Å². The number of anilines is 2. The molecule has 0 spiro atoms. The number of fused-ring (bicyclic) bond motifs is 1. The molecule has 1 heterocycles. The lowest BCUT2D eigenvalue weighted by Crippen LogP contribution is -2.52. The van der Waals surface area contributed by atoms with E-state index in [-0.39, 0.29) is 11.7 Å². The zero-order chi connectivity index (χ0) is 14.2. The van der Waals surface area contributed by atoms with Crippen molar-refractivity contribution in [2.45, 2.75) is 39.3 Å². The molecule has 1 amide bonds. The average molecular weight is 262 g/mol. The lowest BCUT2D eigenvalue weighted by Gasteiger charge is -2.37. The molecule has 2 N–H and O–H groups in total. The normalized spacial score (nSPS) is 19.6. The molecular formula is C14H18N2O3. The van der Waals surface area contributed by atoms with E-state index < -0.39 is 12.1 Å². The molecule has 1 aromatic carbocycles. The summed E-state index contributed by atoms with van der Waals surface area (Å²) in [6.07, 6.45) is -0.00937. The summed E-state index contributed by atoms with van der Waals surface area (Å²) in [7, 11) is 0. The first kappa shape index (κ1) is 13.4. The second kappa shape index (κ2) is 4.91. The minimum Gasteiger partial charge on any atom is -0.478 e. The summed E-state index contributed by atoms with van der Waals surface area (Å²) in [5, 5.41) is 0. The minimum absolute atomic E-state index is 0.0840. The maximum absolute atomic E-state index is 12.4. The van der Waals surface area contributed by atoms with Crippen molar-refractivity contribution >= 4 is 23.1 Å². The van der Waals surface area contributed by atoms with Crippen LogP contribution in [0.4, 0.5) is 11.4 Å². The summed E-state index contributed by atoms with van der Waals surface area (Å²) in [6, 6.07) is 4.68. The van der Waals surface area contributed by atoms with Crippen molar-refractivity contribution in [2.24, 2.45) is 0 Å². The number of hydrogen-bond donors (Lipinski definition) is 1. The van der Waals surface area contributed by atoms with E-state index in [0.29, 0.717) is 23.5 Å². The molecule has 2 rings (SSSR count). The van der Waals surface area contributed by atoms with Crippen LogP contribution in [0.5, 0.6) is 5.75 Å². The van der Waals surface area contributed by atoms with Gasteiger partial charge in [0.1, 0.15) is 11.4 Å². The van der Waals surface area contributed by atoms with Gasteiger partial charge < -0.3 is 10.5 Å². The number of carbonyl (C=O) groups excluding carboxylic acids is 2. The second-order valence-corrected chi connectivity index (χ2v) is 4.70. The predicted molar refractivity (Wildman–Crippen MR) is 73.2 cm³/mol. The van der Waals surface area contributed by atoms with E-state index in [1.807, 2.05) is 6.92 Å². The Hall–Kier alpha value is -2.04. The van der Waals surface area contributed by atoms with Gasteiger partial charge in [-0.2, -0.15) is 0 Å². The van der Waals surface area contributed by atoms with Gasteiger partial charge in [0.05, 0.1) is 11.7 Å². The van der Waals surface area contributed by atoms with Gasteiger partial charge in [-0.3, -0.25) is 14.5 Å². The fraction of sp³-hybridized carbons (Fsp3) is 0.429. The Morgan fingerprint density at radius 3 is 2.79 bits per heavy atom. The Morgan fingerprint density at radius 2 is 2.21 bits per heavy atom. The highest BCUT2D eigenvalue weighted by molar-refractivity contribution is 6.07. The van der Waals surface area contributed by atoms with Gasteiger partial charge in [0.25, 0.3) is 5.91 Å². The SMILES string of the molecule is CCC1Oc2cccc(N)c2N(C(C)C(C)=O)C1=O. The third-order valence-electron chi connectivity index (χ3n) is 3.40. The topological polar surface area (TPSA) is 72.6 Å². The van der Waals surface area contributed by atoms with Crippen molar-refractivity contribution in [2.75, 3.05) is 10.6 Å². The Kier molecular flexibility index (Phi) is 3.46. The van der Waals surface area contributed by atoms with Crippen LogP contribution in [0.1, 0.15) is 27.2 Å². The number of rotatable bonds is 3. The van der Waals surface area contributed by atoms with Crippen molar-refractivity contribution < 1.29 is 14.3 Å². The number of Topliss-reactive ketones (excluding diaryl/α,β-unsaturated/α-hetero) is 1. The van der Waals surface area contributed by atoms with Crippen LogP contribution in [0, 0.1) is 0 Å². The molecule has 0 saturated heterocycles. The summed E-state index contributed by atoms with van der Waals surface area (Å²) in [6.45, 7) is 5.04. The van der Waals surface area contributed by atoms with Crippen LogP contribution in [-0.4, -0.2) is 23.8 Å². The van der Waals surface area contributed by atoms with Crippen LogP contribution in [0.3, 0.4) is 0 Å². The molecule has 0 fully saturated rings. The summed E-state index contributed by atoms with van der Waals surface area (Å²) < 4.78 is 5.65. The van der Waals surface area contributed by atoms with Gasteiger partial charge >= 0.3 is 0 Å². The van der Waals surface area contributed by atoms with Crippen molar-refractivity contribution in [3.8, 4) is 5.75 Å². The van der Waals surface area contributed by atoms with E-state index in [1.165, 1.54) is 11.8 Å². The molecule has 1 aliphatic heterocycles. The fourth-order valence-corrected chi connectivity index (χ4v) is 2.19. The van der Waals surface area contributed by atoms with Gasteiger partial charge in [-0.15, -0.1) is 0 Å². The number of hydrogen-bond acceptors (Lipinski definition) is 4. The van der Waals surface area contributed by atoms with E-state index in [0.717, 1.165) is 0 Å². The van der Waals surface area contributed by atoms with Crippen molar-refractivity contribution in [3.05, 3.63) is 18.2 Å². The summed E-state index contributed by atoms with van der Waals surface area (Å²) in [5.74, 6) is 0.259. The average Bonchev–Trinajstić information content (AvgIpc) is 2.38. The van der Waals surface area contributed by atoms with Crippen molar-refractivity contribution in [3.63, 3.8) is 0 Å². The van der Waals surface area contributed by atoms with E-state index >= 15 is 0 Å². The molecular weight excluding hydrogens is 244 g/mol. The Balaban J connectivity index is 2.57. The van der Waals surface area contributed by atoms with Gasteiger partial charge in [0.15, 0.2) is 11.9 Å². The number of ether oxygens (including phenoxy) is 1. The number of nitrogens with zero attached hydrogens (tertiary/aromatic N) is 1. The first-order valence-corrected chi connectivity index (χ1v) is 6.36. The van der Waals surface area contributed by atoms with E-state index in [9.17, 15) is 9.59 Å². The highest BCUT2D eigenvalue weighted by atomic mass is 16.5. The summed E-state index contributed by atoms with van der Waals surface area (Å²) in [4.78, 5) is 25.5. The van der Waals surface area contributed by atoms with Crippen LogP contribution < -0.4 is 15.4 Å². The lowest BCUT2D eigenvalue weighted by molar-refractivity contribution is -0.129. The largest absolute Gasteiger partial charge is 0.478 e. The number of nitrogen functional groups attached to an aromatic ring is 1. The van der Waals surface area contributed by atoms with Crippen LogP contribution in [-0.2, 0) is 9.59 Å². The number of ketones is 1. The zero-order valence-corrected chi connectivity index (χ0v) is 11.3. The maximum atomic E-state index is 12.4. The van der Waals surface area contributed by atoms with E-state index in [1.54, 1.807) is 25.1 Å². The van der Waals surface area contributed by atoms with E-state index in [4.69, 9.17) is 10.5 Å². The standard InChI is InChI=1S/C14H18N2O3/c1-4-11-14(18)16(8(2)9(3)17)13-10(15)6-5-7-12(13)19-11/h5-8,11H,4,15H2,1-3H3. The monoisotopic (exact) mass is 262 g/mol. The predicted octanol–water partition coefficient (Wildman–Crippen LogP) is 1.75. The quantitative estimate of drug-likeness (QED) is 0.842. The first-order chi connectivity index (χ1) is 8.97. The van der Waals surface area contributed by atoms with E-state index in [2.05, 4.69) is 0 Å². The van der Waals surface area contributed by atoms with Gasteiger partial charge in [-0.05, 0) is 32.4 Å². The number of benzene rings is 1. The highest BCUT2D eigenvalue weighted by Crippen LogP contribution is 2.40. The lowest BCUT2D eigenvalue weighted by atomic mass is 10.1. The molecule has 0 aromatic heterocycles. The molecule has 102 valence electrons. The number of carbonyl (C=O) groups is 2. The van der Waals surface area contributed by atoms with Gasteiger partial charge in [-0.25, -0.2) is 0 Å². The molecule has 0 radical (unpaired) electrons. The number of nitrogens with two attached hydrogens (primary N) is 1. The van der Waals surface area contributed by atoms with Gasteiger partial charge in [0, 0.05) is 0 Å². The maximum Gasteiger partial charge on any atom is 0.268 e. The highest BCUT2D eigenvalue weighted by Gasteiger charge is 2.38. The number of para-hydroxylation sites is 1. The molecule has 2 atom stereocenters. The minimum atomic E-state index is -0.559. The van der Waals surface area contributed by atoms with Crippen molar-refractivity contribution in [1.29, 1.82) is 0 Å². The molecule has 5 nitrogen and oxygen atoms in total. The third-order valence-corrected chi connectivity index (χ3v) is 3.40. The van der Waals surface area contributed by atoms with Gasteiger partial charge in [-0.1, -0.05) is 13.0 Å². The second-order valence-electron chi connectivity index (χ2n) is 4.70. The van der Waals surface area contributed by atoms with Gasteiger partial charge in [0.2, 0.25) is 0 Å². The smallest absolute Gasteiger partial charge is 0.268 e. The summed E-state index contributed by atoms with van der Waals surface area (Å²) in [5.41, 5.74) is 6.87. The van der Waals surface area contributed by atoms with Crippen LogP contribution in [0.25, 0.3) is 0 Å². The number of amides is 1. The third kappa shape index (κ3) is 2.16. The molecule has 2 unspecified atom stereocenters. The summed E-state index contributed by atoms with van der Waals surface area (Å²) >= 11 is 0.